The monoisotopic (exact) mass is 254 g/mol. The Morgan fingerprint density at radius 3 is 3.11 bits per heavy atom. The van der Waals surface area contributed by atoms with Crippen LogP contribution in [0.4, 0.5) is 11.5 Å². The van der Waals surface area contributed by atoms with Gasteiger partial charge in [0.25, 0.3) is 0 Å². The maximum atomic E-state index is 6.14. The molecule has 0 radical (unpaired) electrons. The summed E-state index contributed by atoms with van der Waals surface area (Å²) >= 11 is 0. The van der Waals surface area contributed by atoms with Crippen molar-refractivity contribution >= 4 is 11.5 Å². The van der Waals surface area contributed by atoms with Gasteiger partial charge in [0.2, 0.25) is 0 Å². The summed E-state index contributed by atoms with van der Waals surface area (Å²) in [6.45, 7) is 5.49. The number of rotatable bonds is 3. The Labute approximate surface area is 113 Å². The SMILES string of the molecule is C=CCn1cnc(-c2ccc3c(c2)CCN3C)c1N. The Bertz CT molecular complexity index is 627. The van der Waals surface area contributed by atoms with Gasteiger partial charge in [0.1, 0.15) is 11.5 Å². The number of benzene rings is 1. The molecule has 1 aromatic heterocycles. The minimum absolute atomic E-state index is 0.687. The highest BCUT2D eigenvalue weighted by Crippen LogP contribution is 2.32. The van der Waals surface area contributed by atoms with Crippen LogP contribution >= 0.6 is 0 Å². The second-order valence-corrected chi connectivity index (χ2v) is 4.93. The first-order valence-corrected chi connectivity index (χ1v) is 6.46. The number of anilines is 2. The van der Waals surface area contributed by atoms with Gasteiger partial charge in [-0.25, -0.2) is 4.98 Å². The van der Waals surface area contributed by atoms with E-state index in [-0.39, 0.29) is 0 Å². The first-order chi connectivity index (χ1) is 9.20. The third kappa shape index (κ3) is 1.89. The van der Waals surface area contributed by atoms with Gasteiger partial charge in [0, 0.05) is 31.4 Å². The highest BCUT2D eigenvalue weighted by atomic mass is 15.1. The molecule has 0 bridgehead atoms. The zero-order valence-electron chi connectivity index (χ0n) is 11.1. The van der Waals surface area contributed by atoms with Crippen molar-refractivity contribution in [2.45, 2.75) is 13.0 Å². The zero-order chi connectivity index (χ0) is 13.4. The van der Waals surface area contributed by atoms with Crippen molar-refractivity contribution in [2.75, 3.05) is 24.2 Å². The van der Waals surface area contributed by atoms with Gasteiger partial charge < -0.3 is 15.2 Å². The number of nitrogens with zero attached hydrogens (tertiary/aromatic N) is 3. The molecule has 3 rings (SSSR count). The molecule has 1 aromatic carbocycles. The van der Waals surface area contributed by atoms with Crippen molar-refractivity contribution in [3.63, 3.8) is 0 Å². The summed E-state index contributed by atoms with van der Waals surface area (Å²) in [6.07, 6.45) is 4.68. The van der Waals surface area contributed by atoms with E-state index in [1.807, 2.05) is 10.6 Å². The third-order valence-corrected chi connectivity index (χ3v) is 3.68. The van der Waals surface area contributed by atoms with Gasteiger partial charge in [-0.05, 0) is 24.1 Å². The minimum atomic E-state index is 0.687. The summed E-state index contributed by atoms with van der Waals surface area (Å²) in [6, 6.07) is 6.46. The molecule has 4 nitrogen and oxygen atoms in total. The largest absolute Gasteiger partial charge is 0.383 e. The molecule has 0 amide bonds. The Morgan fingerprint density at radius 2 is 2.32 bits per heavy atom. The lowest BCUT2D eigenvalue weighted by molar-refractivity contribution is 0.833. The van der Waals surface area contributed by atoms with Crippen LogP contribution in [0.3, 0.4) is 0 Å². The van der Waals surface area contributed by atoms with E-state index in [0.29, 0.717) is 12.4 Å². The smallest absolute Gasteiger partial charge is 0.131 e. The molecule has 19 heavy (non-hydrogen) atoms. The molecule has 2 N–H and O–H groups in total. The molecule has 0 saturated heterocycles. The third-order valence-electron chi connectivity index (χ3n) is 3.68. The van der Waals surface area contributed by atoms with Gasteiger partial charge >= 0.3 is 0 Å². The van der Waals surface area contributed by atoms with Crippen molar-refractivity contribution in [3.05, 3.63) is 42.7 Å². The van der Waals surface area contributed by atoms with Crippen molar-refractivity contribution in [1.29, 1.82) is 0 Å². The maximum absolute atomic E-state index is 6.14. The molecule has 2 heterocycles. The number of hydrogen-bond donors (Lipinski definition) is 1. The fraction of sp³-hybridized carbons (Fsp3) is 0.267. The zero-order valence-corrected chi connectivity index (χ0v) is 11.1. The van der Waals surface area contributed by atoms with Crippen LogP contribution < -0.4 is 10.6 Å². The van der Waals surface area contributed by atoms with E-state index in [0.717, 1.165) is 24.2 Å². The van der Waals surface area contributed by atoms with E-state index in [2.05, 4.69) is 41.7 Å². The number of hydrogen-bond acceptors (Lipinski definition) is 3. The van der Waals surface area contributed by atoms with E-state index >= 15 is 0 Å². The van der Waals surface area contributed by atoms with Crippen LogP contribution in [0.2, 0.25) is 0 Å². The summed E-state index contributed by atoms with van der Waals surface area (Å²) < 4.78 is 1.90. The van der Waals surface area contributed by atoms with Crippen molar-refractivity contribution in [3.8, 4) is 11.3 Å². The number of imidazole rings is 1. The summed E-state index contributed by atoms with van der Waals surface area (Å²) in [5.74, 6) is 0.700. The molecule has 4 heteroatoms. The lowest BCUT2D eigenvalue weighted by Gasteiger charge is -2.12. The van der Waals surface area contributed by atoms with E-state index < -0.39 is 0 Å². The summed E-state index contributed by atoms with van der Waals surface area (Å²) in [4.78, 5) is 6.70. The Balaban J connectivity index is 2.01. The lowest BCUT2D eigenvalue weighted by atomic mass is 10.1. The summed E-state index contributed by atoms with van der Waals surface area (Å²) in [7, 11) is 2.12. The quantitative estimate of drug-likeness (QED) is 0.855. The fourth-order valence-corrected chi connectivity index (χ4v) is 2.61. The minimum Gasteiger partial charge on any atom is -0.383 e. The van der Waals surface area contributed by atoms with E-state index in [4.69, 9.17) is 5.73 Å². The molecule has 98 valence electrons. The molecule has 0 spiro atoms. The average molecular weight is 254 g/mol. The number of nitrogens with two attached hydrogens (primary N) is 1. The number of fused-ring (bicyclic) bond motifs is 1. The summed E-state index contributed by atoms with van der Waals surface area (Å²) in [5.41, 5.74) is 10.8. The Morgan fingerprint density at radius 1 is 1.47 bits per heavy atom. The first kappa shape index (κ1) is 11.8. The molecular weight excluding hydrogens is 236 g/mol. The normalized spacial score (nSPS) is 13.6. The molecular formula is C15H18N4. The van der Waals surface area contributed by atoms with Crippen LogP contribution in [0.1, 0.15) is 5.56 Å². The van der Waals surface area contributed by atoms with Crippen molar-refractivity contribution in [2.24, 2.45) is 0 Å². The van der Waals surface area contributed by atoms with Crippen LogP contribution in [-0.2, 0) is 13.0 Å². The van der Waals surface area contributed by atoms with Gasteiger partial charge in [-0.2, -0.15) is 0 Å². The van der Waals surface area contributed by atoms with Crippen LogP contribution in [0, 0.1) is 0 Å². The van der Waals surface area contributed by atoms with Crippen molar-refractivity contribution in [1.82, 2.24) is 9.55 Å². The van der Waals surface area contributed by atoms with E-state index in [1.54, 1.807) is 6.33 Å². The standard InChI is InChI=1S/C15H18N4/c1-3-7-19-10-17-14(15(19)16)12-4-5-13-11(9-12)6-8-18(13)2/h3-5,9-10H,1,6-8,16H2,2H3. The van der Waals surface area contributed by atoms with Crippen LogP contribution in [0.5, 0.6) is 0 Å². The Kier molecular flexibility index (Phi) is 2.78. The topological polar surface area (TPSA) is 47.1 Å². The number of nitrogen functional groups attached to an aromatic ring is 1. The summed E-state index contributed by atoms with van der Waals surface area (Å²) in [5, 5.41) is 0. The van der Waals surface area contributed by atoms with Crippen molar-refractivity contribution < 1.29 is 0 Å². The van der Waals surface area contributed by atoms with Crippen LogP contribution in [-0.4, -0.2) is 23.1 Å². The molecule has 0 atom stereocenters. The second kappa shape index (κ2) is 4.46. The molecule has 0 aliphatic carbocycles. The molecule has 0 unspecified atom stereocenters. The highest BCUT2D eigenvalue weighted by Gasteiger charge is 2.17. The first-order valence-electron chi connectivity index (χ1n) is 6.46. The second-order valence-electron chi connectivity index (χ2n) is 4.93. The maximum Gasteiger partial charge on any atom is 0.131 e. The van der Waals surface area contributed by atoms with Gasteiger partial charge in [0.05, 0.1) is 6.33 Å². The predicted octanol–water partition coefficient (Wildman–Crippen LogP) is 2.31. The van der Waals surface area contributed by atoms with Gasteiger partial charge in [-0.1, -0.05) is 12.1 Å². The molecule has 0 saturated carbocycles. The molecule has 2 aromatic rings. The molecule has 1 aliphatic heterocycles. The van der Waals surface area contributed by atoms with E-state index in [1.165, 1.54) is 11.3 Å². The Hall–Kier alpha value is -2.23. The predicted molar refractivity (Wildman–Crippen MR) is 79.2 cm³/mol. The number of aromatic nitrogens is 2. The molecule has 1 aliphatic rings. The number of allylic oxidation sites excluding steroid dienone is 1. The van der Waals surface area contributed by atoms with Crippen LogP contribution in [0.25, 0.3) is 11.3 Å². The highest BCUT2D eigenvalue weighted by molar-refractivity contribution is 5.74. The van der Waals surface area contributed by atoms with Gasteiger partial charge in [0.15, 0.2) is 0 Å². The van der Waals surface area contributed by atoms with Gasteiger partial charge in [-0.3, -0.25) is 0 Å². The van der Waals surface area contributed by atoms with Crippen LogP contribution in [0.15, 0.2) is 37.2 Å². The molecule has 0 fully saturated rings. The average Bonchev–Trinajstić information content (AvgIpc) is 2.95. The fourth-order valence-electron chi connectivity index (χ4n) is 2.61. The lowest BCUT2D eigenvalue weighted by Crippen LogP contribution is -2.12. The van der Waals surface area contributed by atoms with E-state index in [9.17, 15) is 0 Å². The number of likely N-dealkylation sites (N-methyl/N-ethyl adjacent to an activating group) is 1. The van der Waals surface area contributed by atoms with Gasteiger partial charge in [-0.15, -0.1) is 6.58 Å².